The molecule has 2 unspecified atom stereocenters. The molecule has 0 aromatic heterocycles. The summed E-state index contributed by atoms with van der Waals surface area (Å²) < 4.78 is 38.0. The van der Waals surface area contributed by atoms with E-state index in [-0.39, 0.29) is 35.8 Å². The summed E-state index contributed by atoms with van der Waals surface area (Å²) in [6.07, 6.45) is -3.64. The normalized spacial score (nSPS) is 22.0. The Morgan fingerprint density at radius 2 is 2.10 bits per heavy atom. The molecule has 1 aromatic carbocycles. The summed E-state index contributed by atoms with van der Waals surface area (Å²) in [7, 11) is 0. The smallest absolute Gasteiger partial charge is 0.336 e. The monoisotopic (exact) mass is 322 g/mol. The van der Waals surface area contributed by atoms with Gasteiger partial charge in [0.05, 0.1) is 5.56 Å². The molecule has 2 N–H and O–H groups in total. The molecule has 1 fully saturated rings. The lowest BCUT2D eigenvalue weighted by Crippen LogP contribution is -2.34. The van der Waals surface area contributed by atoms with Gasteiger partial charge in [0.2, 0.25) is 0 Å². The van der Waals surface area contributed by atoms with E-state index in [2.05, 4.69) is 0 Å². The number of alkyl halides is 3. The average Bonchev–Trinajstić information content (AvgIpc) is 2.78. The van der Waals surface area contributed by atoms with Gasteiger partial charge in [-0.2, -0.15) is 13.2 Å². The van der Waals surface area contributed by atoms with Gasteiger partial charge in [-0.3, -0.25) is 4.79 Å². The van der Waals surface area contributed by atoms with Gasteiger partial charge in [0.15, 0.2) is 0 Å². The minimum absolute atomic E-state index is 0. The van der Waals surface area contributed by atoms with Gasteiger partial charge in [0, 0.05) is 18.2 Å². The van der Waals surface area contributed by atoms with Crippen molar-refractivity contribution in [1.82, 2.24) is 4.90 Å². The first kappa shape index (κ1) is 17.8. The molecule has 1 saturated heterocycles. The zero-order valence-corrected chi connectivity index (χ0v) is 12.4. The molecule has 21 heavy (non-hydrogen) atoms. The van der Waals surface area contributed by atoms with Gasteiger partial charge >= 0.3 is 6.18 Å². The predicted octanol–water partition coefficient (Wildman–Crippen LogP) is 2.94. The van der Waals surface area contributed by atoms with Crippen molar-refractivity contribution in [3.8, 4) is 0 Å². The highest BCUT2D eigenvalue weighted by Gasteiger charge is 2.34. The lowest BCUT2D eigenvalue weighted by Gasteiger charge is -2.22. The summed E-state index contributed by atoms with van der Waals surface area (Å²) in [5.41, 5.74) is 4.86. The Morgan fingerprint density at radius 1 is 1.43 bits per heavy atom. The van der Waals surface area contributed by atoms with Gasteiger partial charge < -0.3 is 10.6 Å². The van der Waals surface area contributed by atoms with E-state index in [1.165, 1.54) is 12.1 Å². The Balaban J connectivity index is 0.00000220. The van der Waals surface area contributed by atoms with Gasteiger partial charge in [-0.25, -0.2) is 0 Å². The van der Waals surface area contributed by atoms with Gasteiger partial charge in [-0.1, -0.05) is 6.07 Å². The Kier molecular flexibility index (Phi) is 5.64. The lowest BCUT2D eigenvalue weighted by atomic mass is 10.1. The number of carbonyl (C=O) groups excluding carboxylic acids is 1. The second kappa shape index (κ2) is 6.66. The van der Waals surface area contributed by atoms with Crippen LogP contribution in [0.25, 0.3) is 0 Å². The van der Waals surface area contributed by atoms with E-state index in [1.54, 1.807) is 4.90 Å². The molecule has 1 amide bonds. The summed E-state index contributed by atoms with van der Waals surface area (Å²) in [5, 5.41) is 0. The maximum Gasteiger partial charge on any atom is 0.416 e. The second-order valence-electron chi connectivity index (χ2n) is 5.22. The number of nitrogens with two attached hydrogens (primary N) is 1. The molecule has 2 atom stereocenters. The molecular weight excluding hydrogens is 305 g/mol. The van der Waals surface area contributed by atoms with E-state index in [4.69, 9.17) is 5.73 Å². The zero-order valence-electron chi connectivity index (χ0n) is 11.6. The number of benzene rings is 1. The number of likely N-dealkylation sites (tertiary alicyclic amines) is 1. The van der Waals surface area contributed by atoms with Crippen molar-refractivity contribution < 1.29 is 18.0 Å². The predicted molar refractivity (Wildman–Crippen MR) is 76.4 cm³/mol. The van der Waals surface area contributed by atoms with E-state index < -0.39 is 11.7 Å². The highest BCUT2D eigenvalue weighted by Crippen LogP contribution is 2.30. The minimum Gasteiger partial charge on any atom is -0.336 e. The van der Waals surface area contributed by atoms with E-state index in [1.807, 2.05) is 6.92 Å². The average molecular weight is 323 g/mol. The van der Waals surface area contributed by atoms with Crippen LogP contribution < -0.4 is 5.73 Å². The Labute approximate surface area is 127 Å². The fourth-order valence-corrected chi connectivity index (χ4v) is 2.59. The van der Waals surface area contributed by atoms with Crippen molar-refractivity contribution in [3.05, 3.63) is 35.4 Å². The Bertz CT molecular complexity index is 507. The Morgan fingerprint density at radius 3 is 2.62 bits per heavy atom. The molecule has 0 bridgehead atoms. The Hall–Kier alpha value is -1.27. The molecular formula is C14H18ClF3N2O. The highest BCUT2D eigenvalue weighted by molar-refractivity contribution is 5.94. The van der Waals surface area contributed by atoms with E-state index in [0.29, 0.717) is 13.1 Å². The van der Waals surface area contributed by atoms with Crippen LogP contribution in [0.2, 0.25) is 0 Å². The largest absolute Gasteiger partial charge is 0.416 e. The van der Waals surface area contributed by atoms with Gasteiger partial charge in [-0.15, -0.1) is 12.4 Å². The molecule has 0 aliphatic carbocycles. The van der Waals surface area contributed by atoms with E-state index in [0.717, 1.165) is 18.6 Å². The van der Waals surface area contributed by atoms with Crippen molar-refractivity contribution in [3.63, 3.8) is 0 Å². The molecule has 1 aliphatic rings. The lowest BCUT2D eigenvalue weighted by molar-refractivity contribution is -0.137. The van der Waals surface area contributed by atoms with Crippen LogP contribution in [0.4, 0.5) is 13.2 Å². The molecule has 1 aliphatic heterocycles. The van der Waals surface area contributed by atoms with Crippen molar-refractivity contribution in [2.24, 2.45) is 11.7 Å². The van der Waals surface area contributed by atoms with Crippen molar-refractivity contribution in [1.29, 1.82) is 0 Å². The number of rotatable bonds is 2. The van der Waals surface area contributed by atoms with Gasteiger partial charge in [-0.05, 0) is 44.0 Å². The van der Waals surface area contributed by atoms with Crippen LogP contribution in [-0.2, 0) is 6.18 Å². The molecule has 118 valence electrons. The van der Waals surface area contributed by atoms with Crippen LogP contribution in [0.5, 0.6) is 0 Å². The number of hydrogen-bond donors (Lipinski definition) is 1. The SMILES string of the molecule is CC1CC(CN)CN1C(=O)c1cccc(C(F)(F)F)c1.Cl. The fraction of sp³-hybridized carbons (Fsp3) is 0.500. The van der Waals surface area contributed by atoms with Crippen molar-refractivity contribution in [2.45, 2.75) is 25.6 Å². The number of carbonyl (C=O) groups is 1. The third-order valence-corrected chi connectivity index (χ3v) is 3.69. The third-order valence-electron chi connectivity index (χ3n) is 3.69. The summed E-state index contributed by atoms with van der Waals surface area (Å²) in [4.78, 5) is 13.9. The van der Waals surface area contributed by atoms with Crippen LogP contribution in [0.1, 0.15) is 29.3 Å². The van der Waals surface area contributed by atoms with Crippen molar-refractivity contribution >= 4 is 18.3 Å². The van der Waals surface area contributed by atoms with E-state index in [9.17, 15) is 18.0 Å². The molecule has 1 aromatic rings. The van der Waals surface area contributed by atoms with Crippen molar-refractivity contribution in [2.75, 3.05) is 13.1 Å². The zero-order chi connectivity index (χ0) is 14.9. The maximum absolute atomic E-state index is 12.7. The number of nitrogens with zero attached hydrogens (tertiary/aromatic N) is 1. The van der Waals surface area contributed by atoms with Crippen LogP contribution in [-0.4, -0.2) is 29.9 Å². The number of halogens is 4. The van der Waals surface area contributed by atoms with Crippen LogP contribution in [0.15, 0.2) is 24.3 Å². The standard InChI is InChI=1S/C14H17F3N2O.ClH/c1-9-5-10(7-18)8-19(9)13(20)11-3-2-4-12(6-11)14(15,16)17;/h2-4,6,9-10H,5,7-8,18H2,1H3;1H. The molecule has 7 heteroatoms. The van der Waals surface area contributed by atoms with Crippen LogP contribution in [0.3, 0.4) is 0 Å². The molecule has 0 spiro atoms. The highest BCUT2D eigenvalue weighted by atomic mass is 35.5. The first-order valence-corrected chi connectivity index (χ1v) is 6.51. The number of amides is 1. The fourth-order valence-electron chi connectivity index (χ4n) is 2.59. The van der Waals surface area contributed by atoms with Crippen LogP contribution in [0, 0.1) is 5.92 Å². The number of hydrogen-bond acceptors (Lipinski definition) is 2. The third kappa shape index (κ3) is 3.89. The molecule has 3 nitrogen and oxygen atoms in total. The second-order valence-corrected chi connectivity index (χ2v) is 5.22. The van der Waals surface area contributed by atoms with Gasteiger partial charge in [0.25, 0.3) is 5.91 Å². The molecule has 1 heterocycles. The summed E-state index contributed by atoms with van der Waals surface area (Å²) in [6, 6.07) is 4.56. The van der Waals surface area contributed by atoms with Crippen LogP contribution >= 0.6 is 12.4 Å². The molecule has 0 radical (unpaired) electrons. The van der Waals surface area contributed by atoms with E-state index >= 15 is 0 Å². The first-order chi connectivity index (χ1) is 9.32. The van der Waals surface area contributed by atoms with Gasteiger partial charge in [0.1, 0.15) is 0 Å². The molecule has 0 saturated carbocycles. The summed E-state index contributed by atoms with van der Waals surface area (Å²) in [5.74, 6) is -0.140. The minimum atomic E-state index is -4.44. The molecule has 2 rings (SSSR count). The maximum atomic E-state index is 12.7. The topological polar surface area (TPSA) is 46.3 Å². The summed E-state index contributed by atoms with van der Waals surface area (Å²) in [6.45, 7) is 2.88. The first-order valence-electron chi connectivity index (χ1n) is 6.51. The summed E-state index contributed by atoms with van der Waals surface area (Å²) >= 11 is 0. The quantitative estimate of drug-likeness (QED) is 0.910.